The fraction of sp³-hybridized carbons (Fsp3) is 0.714. The van der Waals surface area contributed by atoms with Gasteiger partial charge < -0.3 is 19.9 Å². The summed E-state index contributed by atoms with van der Waals surface area (Å²) < 4.78 is 5.46. The number of piperazine rings is 1. The number of ether oxygens (including phenoxy) is 1. The number of carbonyl (C=O) groups excluding carboxylic acids is 1. The first-order chi connectivity index (χ1) is 9.76. The maximum Gasteiger partial charge on any atom is 0.251 e. The first kappa shape index (κ1) is 18.2. The fourth-order valence-corrected chi connectivity index (χ4v) is 2.61. The van der Waals surface area contributed by atoms with Gasteiger partial charge in [0.25, 0.3) is 5.91 Å². The zero-order valence-electron chi connectivity index (χ0n) is 12.6. The molecule has 0 aromatic heterocycles. The second-order valence-electron chi connectivity index (χ2n) is 5.03. The average Bonchev–Trinajstić information content (AvgIpc) is 3.02. The van der Waals surface area contributed by atoms with E-state index in [1.165, 1.54) is 0 Å². The van der Waals surface area contributed by atoms with E-state index in [9.17, 15) is 4.79 Å². The number of nitrogens with one attached hydrogen (secondary N) is 1. The second kappa shape index (κ2) is 9.24. The molecular formula is C14H25IN4O2. The van der Waals surface area contributed by atoms with Crippen molar-refractivity contribution in [2.45, 2.75) is 18.9 Å². The highest BCUT2D eigenvalue weighted by Crippen LogP contribution is 2.15. The highest BCUT2D eigenvalue weighted by molar-refractivity contribution is 14.0. The lowest BCUT2D eigenvalue weighted by Gasteiger charge is -2.37. The van der Waals surface area contributed by atoms with Gasteiger partial charge in [0.1, 0.15) is 6.10 Å². The molecule has 2 heterocycles. The minimum atomic E-state index is -0.209. The normalized spacial score (nSPS) is 22.7. The van der Waals surface area contributed by atoms with E-state index in [4.69, 9.17) is 4.74 Å². The number of rotatable bonds is 3. The molecule has 1 unspecified atom stereocenters. The van der Waals surface area contributed by atoms with Crippen LogP contribution < -0.4 is 5.32 Å². The Morgan fingerprint density at radius 2 is 2.05 bits per heavy atom. The maximum atomic E-state index is 12.2. The molecule has 1 atom stereocenters. The standard InChI is InChI=1S/C14H24N4O2.HI/c1-3-6-16-14(15-2)18-9-7-17(8-10-18)13(19)12-5-4-11-20-12;/h3,12H,1,4-11H2,2H3,(H,15,16);1H. The lowest BCUT2D eigenvalue weighted by atomic mass is 10.2. The summed E-state index contributed by atoms with van der Waals surface area (Å²) in [5.74, 6) is 1.02. The van der Waals surface area contributed by atoms with Crippen molar-refractivity contribution >= 4 is 35.8 Å². The van der Waals surface area contributed by atoms with Gasteiger partial charge >= 0.3 is 0 Å². The Bertz CT molecular complexity index is 375. The number of hydrogen-bond acceptors (Lipinski definition) is 3. The molecule has 21 heavy (non-hydrogen) atoms. The quantitative estimate of drug-likeness (QED) is 0.323. The van der Waals surface area contributed by atoms with Gasteiger partial charge in [-0.1, -0.05) is 6.08 Å². The highest BCUT2D eigenvalue weighted by Gasteiger charge is 2.30. The number of halogens is 1. The molecule has 1 amide bonds. The molecule has 2 aliphatic heterocycles. The van der Waals surface area contributed by atoms with Crippen molar-refractivity contribution in [2.24, 2.45) is 4.99 Å². The van der Waals surface area contributed by atoms with Crippen LogP contribution in [0.15, 0.2) is 17.6 Å². The summed E-state index contributed by atoms with van der Waals surface area (Å²) >= 11 is 0. The van der Waals surface area contributed by atoms with Crippen LogP contribution in [-0.4, -0.2) is 74.1 Å². The summed E-state index contributed by atoms with van der Waals surface area (Å²) in [6.45, 7) is 8.16. The summed E-state index contributed by atoms with van der Waals surface area (Å²) in [5.41, 5.74) is 0. The van der Waals surface area contributed by atoms with Crippen LogP contribution in [0.4, 0.5) is 0 Å². The molecule has 7 heteroatoms. The van der Waals surface area contributed by atoms with Crippen LogP contribution in [0, 0.1) is 0 Å². The monoisotopic (exact) mass is 408 g/mol. The predicted molar refractivity (Wildman–Crippen MR) is 94.1 cm³/mol. The van der Waals surface area contributed by atoms with Crippen LogP contribution in [0.5, 0.6) is 0 Å². The van der Waals surface area contributed by atoms with E-state index in [0.717, 1.165) is 45.0 Å². The first-order valence-electron chi connectivity index (χ1n) is 7.23. The number of amides is 1. The van der Waals surface area contributed by atoms with Gasteiger partial charge in [-0.05, 0) is 12.8 Å². The molecule has 0 saturated carbocycles. The molecular weight excluding hydrogens is 383 g/mol. The summed E-state index contributed by atoms with van der Waals surface area (Å²) in [6, 6.07) is 0. The molecule has 0 spiro atoms. The lowest BCUT2D eigenvalue weighted by molar-refractivity contribution is -0.142. The number of guanidine groups is 1. The molecule has 2 fully saturated rings. The van der Waals surface area contributed by atoms with E-state index in [0.29, 0.717) is 13.2 Å². The summed E-state index contributed by atoms with van der Waals surface area (Å²) in [4.78, 5) is 20.6. The van der Waals surface area contributed by atoms with Crippen LogP contribution in [-0.2, 0) is 9.53 Å². The lowest BCUT2D eigenvalue weighted by Crippen LogP contribution is -2.55. The molecule has 0 radical (unpaired) electrons. The van der Waals surface area contributed by atoms with Crippen LogP contribution >= 0.6 is 24.0 Å². The molecule has 0 aliphatic carbocycles. The van der Waals surface area contributed by atoms with Crippen LogP contribution in [0.3, 0.4) is 0 Å². The van der Waals surface area contributed by atoms with E-state index >= 15 is 0 Å². The minimum Gasteiger partial charge on any atom is -0.368 e. The van der Waals surface area contributed by atoms with Crippen molar-refractivity contribution in [1.29, 1.82) is 0 Å². The molecule has 120 valence electrons. The zero-order valence-corrected chi connectivity index (χ0v) is 14.9. The van der Waals surface area contributed by atoms with Gasteiger partial charge in [-0.15, -0.1) is 30.6 Å². The molecule has 0 aromatic rings. The highest BCUT2D eigenvalue weighted by atomic mass is 127. The smallest absolute Gasteiger partial charge is 0.251 e. The molecule has 2 aliphatic rings. The van der Waals surface area contributed by atoms with Crippen LogP contribution in [0.25, 0.3) is 0 Å². The first-order valence-corrected chi connectivity index (χ1v) is 7.23. The molecule has 2 saturated heterocycles. The SMILES string of the molecule is C=CCNC(=NC)N1CCN(C(=O)C2CCCO2)CC1.I. The summed E-state index contributed by atoms with van der Waals surface area (Å²) in [7, 11) is 1.77. The zero-order chi connectivity index (χ0) is 14.4. The largest absolute Gasteiger partial charge is 0.368 e. The Hall–Kier alpha value is -0.830. The predicted octanol–water partition coefficient (Wildman–Crippen LogP) is 0.689. The van der Waals surface area contributed by atoms with Crippen molar-refractivity contribution < 1.29 is 9.53 Å². The van der Waals surface area contributed by atoms with Crippen molar-refractivity contribution in [3.05, 3.63) is 12.7 Å². The Balaban J connectivity index is 0.00000220. The van der Waals surface area contributed by atoms with Crippen LogP contribution in [0.2, 0.25) is 0 Å². The van der Waals surface area contributed by atoms with E-state index in [1.54, 1.807) is 7.05 Å². The number of carbonyl (C=O) groups is 1. The Morgan fingerprint density at radius 1 is 1.38 bits per heavy atom. The summed E-state index contributed by atoms with van der Waals surface area (Å²) in [5, 5.41) is 3.22. The molecule has 0 bridgehead atoms. The van der Waals surface area contributed by atoms with Gasteiger partial charge in [0, 0.05) is 46.4 Å². The maximum absolute atomic E-state index is 12.2. The Kier molecular flexibility index (Phi) is 8.02. The van der Waals surface area contributed by atoms with Crippen molar-refractivity contribution in [3.8, 4) is 0 Å². The third kappa shape index (κ3) is 4.84. The van der Waals surface area contributed by atoms with Gasteiger partial charge in [-0.2, -0.15) is 0 Å². The van der Waals surface area contributed by atoms with Crippen molar-refractivity contribution in [1.82, 2.24) is 15.1 Å². The van der Waals surface area contributed by atoms with Crippen LogP contribution in [0.1, 0.15) is 12.8 Å². The van der Waals surface area contributed by atoms with Gasteiger partial charge in [-0.3, -0.25) is 9.79 Å². The number of hydrogen-bond donors (Lipinski definition) is 1. The van der Waals surface area contributed by atoms with Crippen molar-refractivity contribution in [3.63, 3.8) is 0 Å². The average molecular weight is 408 g/mol. The molecule has 0 aromatic carbocycles. The van der Waals surface area contributed by atoms with E-state index in [1.807, 2.05) is 11.0 Å². The Labute approximate surface area is 143 Å². The summed E-state index contributed by atoms with van der Waals surface area (Å²) in [6.07, 6.45) is 3.46. The topological polar surface area (TPSA) is 57.2 Å². The van der Waals surface area contributed by atoms with Gasteiger partial charge in [-0.25, -0.2) is 0 Å². The second-order valence-corrected chi connectivity index (χ2v) is 5.03. The van der Waals surface area contributed by atoms with E-state index in [2.05, 4.69) is 21.8 Å². The minimum absolute atomic E-state index is 0. The fourth-order valence-electron chi connectivity index (χ4n) is 2.61. The molecule has 6 nitrogen and oxygen atoms in total. The van der Waals surface area contributed by atoms with Gasteiger partial charge in [0.05, 0.1) is 0 Å². The third-order valence-corrected chi connectivity index (χ3v) is 3.71. The van der Waals surface area contributed by atoms with Crippen molar-refractivity contribution in [2.75, 3.05) is 46.4 Å². The molecule has 2 rings (SSSR count). The number of nitrogens with zero attached hydrogens (tertiary/aromatic N) is 3. The van der Waals surface area contributed by atoms with E-state index < -0.39 is 0 Å². The molecule has 1 N–H and O–H groups in total. The number of aliphatic imine (C=N–C) groups is 1. The van der Waals surface area contributed by atoms with Gasteiger partial charge in [0.15, 0.2) is 5.96 Å². The Morgan fingerprint density at radius 3 is 2.57 bits per heavy atom. The van der Waals surface area contributed by atoms with Gasteiger partial charge in [0.2, 0.25) is 0 Å². The third-order valence-electron chi connectivity index (χ3n) is 3.71. The van der Waals surface area contributed by atoms with E-state index in [-0.39, 0.29) is 36.0 Å².